The van der Waals surface area contributed by atoms with E-state index < -0.39 is 5.97 Å². The van der Waals surface area contributed by atoms with Gasteiger partial charge in [0.1, 0.15) is 12.4 Å². The Labute approximate surface area is 127 Å². The van der Waals surface area contributed by atoms with Gasteiger partial charge in [-0.2, -0.15) is 0 Å². The van der Waals surface area contributed by atoms with Crippen LogP contribution in [-0.2, 0) is 0 Å². The molecule has 1 fully saturated rings. The van der Waals surface area contributed by atoms with Crippen molar-refractivity contribution >= 4 is 23.0 Å². The molecule has 0 aromatic heterocycles. The van der Waals surface area contributed by atoms with Gasteiger partial charge >= 0.3 is 5.97 Å². The number of aromatic carboxylic acids is 1. The predicted octanol–water partition coefficient (Wildman–Crippen LogP) is 2.17. The monoisotopic (exact) mass is 310 g/mol. The minimum atomic E-state index is -0.986. The molecule has 1 aliphatic rings. The lowest BCUT2D eigenvalue weighted by atomic mass is 10.2. The maximum absolute atomic E-state index is 11.9. The van der Waals surface area contributed by atoms with Crippen LogP contribution in [0.15, 0.2) is 24.3 Å². The number of nitrogens with zero attached hydrogens (tertiary/aromatic N) is 2. The van der Waals surface area contributed by atoms with E-state index >= 15 is 0 Å². The Morgan fingerprint density at radius 2 is 2.29 bits per heavy atom. The minimum absolute atomic E-state index is 0.0333. The number of hydrazine groups is 1. The maximum Gasteiger partial charge on any atom is 0.335 e. The van der Waals surface area contributed by atoms with E-state index in [1.807, 2.05) is 11.9 Å². The molecule has 0 bridgehead atoms. The van der Waals surface area contributed by atoms with E-state index in [0.717, 1.165) is 18.8 Å². The molecule has 1 heterocycles. The van der Waals surface area contributed by atoms with Crippen molar-refractivity contribution in [2.75, 3.05) is 32.0 Å². The van der Waals surface area contributed by atoms with Crippen molar-refractivity contribution in [3.8, 4) is 5.75 Å². The van der Waals surface area contributed by atoms with E-state index in [-0.39, 0.29) is 10.8 Å². The summed E-state index contributed by atoms with van der Waals surface area (Å²) >= 11 is 1.31. The quantitative estimate of drug-likeness (QED) is 0.868. The first kappa shape index (κ1) is 15.7. The summed E-state index contributed by atoms with van der Waals surface area (Å²) in [6.45, 7) is 4.42. The summed E-state index contributed by atoms with van der Waals surface area (Å²) in [6, 6.07) is 6.33. The number of rotatable bonds is 6. The molecule has 1 aromatic rings. The van der Waals surface area contributed by atoms with E-state index in [1.54, 1.807) is 17.1 Å². The third kappa shape index (κ3) is 4.12. The fraction of sp³-hybridized carbons (Fsp3) is 0.429. The molecular formula is C14H18N2O4S. The Morgan fingerprint density at radius 3 is 3.00 bits per heavy atom. The highest BCUT2D eigenvalue weighted by molar-refractivity contribution is 8.13. The lowest BCUT2D eigenvalue weighted by Crippen LogP contribution is -2.50. The summed E-state index contributed by atoms with van der Waals surface area (Å²) in [5, 5.41) is 12.6. The molecule has 1 saturated heterocycles. The Morgan fingerprint density at radius 1 is 1.48 bits per heavy atom. The van der Waals surface area contributed by atoms with Crippen LogP contribution in [0.1, 0.15) is 17.3 Å². The second-order valence-corrected chi connectivity index (χ2v) is 5.51. The van der Waals surface area contributed by atoms with Gasteiger partial charge in [-0.3, -0.25) is 9.80 Å². The highest BCUT2D eigenvalue weighted by Gasteiger charge is 2.25. The first-order valence-corrected chi connectivity index (χ1v) is 7.75. The number of carboxylic acid groups (broad SMARTS) is 1. The molecule has 114 valence electrons. The van der Waals surface area contributed by atoms with Gasteiger partial charge in [-0.05, 0) is 18.2 Å². The molecular weight excluding hydrogens is 292 g/mol. The molecule has 0 radical (unpaired) electrons. The Balaban J connectivity index is 1.89. The smallest absolute Gasteiger partial charge is 0.335 e. The number of hydrogen-bond donors (Lipinski definition) is 1. The van der Waals surface area contributed by atoms with Crippen LogP contribution < -0.4 is 4.74 Å². The molecule has 6 nitrogen and oxygen atoms in total. The van der Waals surface area contributed by atoms with Gasteiger partial charge in [-0.25, -0.2) is 9.80 Å². The average Bonchev–Trinajstić information content (AvgIpc) is 2.49. The van der Waals surface area contributed by atoms with Crippen LogP contribution in [0.25, 0.3) is 0 Å². The van der Waals surface area contributed by atoms with Gasteiger partial charge in [0.15, 0.2) is 0 Å². The van der Waals surface area contributed by atoms with Crippen LogP contribution in [0.3, 0.4) is 0 Å². The highest BCUT2D eigenvalue weighted by Crippen LogP contribution is 2.18. The molecule has 0 atom stereocenters. The number of amides is 1. The Hall–Kier alpha value is -1.73. The van der Waals surface area contributed by atoms with Gasteiger partial charge in [0.25, 0.3) is 5.24 Å². The number of carbonyl (C=O) groups excluding carboxylic acids is 1. The number of ether oxygens (including phenoxy) is 1. The van der Waals surface area contributed by atoms with Crippen LogP contribution in [-0.4, -0.2) is 58.3 Å². The van der Waals surface area contributed by atoms with E-state index in [2.05, 4.69) is 0 Å². The zero-order chi connectivity index (χ0) is 15.2. The van der Waals surface area contributed by atoms with Gasteiger partial charge in [0.05, 0.1) is 12.1 Å². The van der Waals surface area contributed by atoms with Crippen LogP contribution in [0, 0.1) is 0 Å². The second kappa shape index (κ2) is 7.33. The third-order valence-corrected chi connectivity index (χ3v) is 3.99. The molecule has 0 spiro atoms. The van der Waals surface area contributed by atoms with Gasteiger partial charge < -0.3 is 9.84 Å². The molecule has 1 aliphatic heterocycles. The van der Waals surface area contributed by atoms with Crippen LogP contribution in [0.5, 0.6) is 5.75 Å². The summed E-state index contributed by atoms with van der Waals surface area (Å²) < 4.78 is 5.55. The number of thioether (sulfide) groups is 1. The molecule has 0 unspecified atom stereocenters. The van der Waals surface area contributed by atoms with Gasteiger partial charge in [-0.1, -0.05) is 24.8 Å². The van der Waals surface area contributed by atoms with E-state index in [4.69, 9.17) is 9.84 Å². The van der Waals surface area contributed by atoms with Crippen molar-refractivity contribution in [3.05, 3.63) is 29.8 Å². The van der Waals surface area contributed by atoms with Crippen molar-refractivity contribution < 1.29 is 19.4 Å². The number of benzene rings is 1. The molecule has 21 heavy (non-hydrogen) atoms. The summed E-state index contributed by atoms with van der Waals surface area (Å²) in [5.74, 6) is 0.320. The van der Waals surface area contributed by atoms with Crippen LogP contribution >= 0.6 is 11.8 Å². The topological polar surface area (TPSA) is 70.1 Å². The van der Waals surface area contributed by atoms with Crippen molar-refractivity contribution in [1.82, 2.24) is 10.0 Å². The lowest BCUT2D eigenvalue weighted by Gasteiger charge is -2.37. The van der Waals surface area contributed by atoms with Crippen molar-refractivity contribution in [3.63, 3.8) is 0 Å². The largest absolute Gasteiger partial charge is 0.492 e. The first-order valence-electron chi connectivity index (χ1n) is 6.77. The van der Waals surface area contributed by atoms with Gasteiger partial charge in [0.2, 0.25) is 0 Å². The zero-order valence-electron chi connectivity index (χ0n) is 11.8. The standard InChI is InChI=1S/C14H18N2O4S/c1-2-15-7-9-21-14(19)16(15)6-8-20-12-5-3-4-11(10-12)13(17)18/h3-5,10H,2,6-9H2,1H3,(H,17,18). The maximum atomic E-state index is 11.9. The molecule has 0 aliphatic carbocycles. The number of hydrogen-bond acceptors (Lipinski definition) is 5. The fourth-order valence-corrected chi connectivity index (χ4v) is 2.91. The SMILES string of the molecule is CCN1CCSC(=O)N1CCOc1cccc(C(=O)O)c1. The van der Waals surface area contributed by atoms with Gasteiger partial charge in [0, 0.05) is 18.8 Å². The van der Waals surface area contributed by atoms with E-state index in [1.165, 1.54) is 23.9 Å². The zero-order valence-corrected chi connectivity index (χ0v) is 12.6. The van der Waals surface area contributed by atoms with Crippen molar-refractivity contribution in [1.29, 1.82) is 0 Å². The molecule has 1 N–H and O–H groups in total. The Kier molecular flexibility index (Phi) is 5.46. The summed E-state index contributed by atoms with van der Waals surface area (Å²) in [5.41, 5.74) is 0.187. The van der Waals surface area contributed by atoms with E-state index in [9.17, 15) is 9.59 Å². The molecule has 7 heteroatoms. The Bertz CT molecular complexity index is 523. The van der Waals surface area contributed by atoms with Crippen LogP contribution in [0.2, 0.25) is 0 Å². The second-order valence-electron chi connectivity index (χ2n) is 4.47. The van der Waals surface area contributed by atoms with Crippen molar-refractivity contribution in [2.24, 2.45) is 0 Å². The third-order valence-electron chi connectivity index (χ3n) is 3.14. The lowest BCUT2D eigenvalue weighted by molar-refractivity contribution is 0.0228. The summed E-state index contributed by atoms with van der Waals surface area (Å²) in [4.78, 5) is 22.7. The molecule has 0 saturated carbocycles. The minimum Gasteiger partial charge on any atom is -0.492 e. The van der Waals surface area contributed by atoms with Gasteiger partial charge in [-0.15, -0.1) is 0 Å². The van der Waals surface area contributed by atoms with E-state index in [0.29, 0.717) is 18.9 Å². The van der Waals surface area contributed by atoms with Crippen molar-refractivity contribution in [2.45, 2.75) is 6.92 Å². The fourth-order valence-electron chi connectivity index (χ4n) is 2.08. The number of carboxylic acids is 1. The molecule has 1 amide bonds. The molecule has 2 rings (SSSR count). The predicted molar refractivity (Wildman–Crippen MR) is 80.7 cm³/mol. The highest BCUT2D eigenvalue weighted by atomic mass is 32.2. The normalized spacial score (nSPS) is 16.0. The molecule has 1 aromatic carbocycles. The average molecular weight is 310 g/mol. The summed E-state index contributed by atoms with van der Waals surface area (Å²) in [7, 11) is 0. The number of carbonyl (C=O) groups is 2. The summed E-state index contributed by atoms with van der Waals surface area (Å²) in [6.07, 6.45) is 0. The first-order chi connectivity index (χ1) is 10.1. The van der Waals surface area contributed by atoms with Crippen LogP contribution in [0.4, 0.5) is 4.79 Å².